The van der Waals surface area contributed by atoms with Gasteiger partial charge in [0, 0.05) is 6.42 Å². The van der Waals surface area contributed by atoms with Gasteiger partial charge in [0.25, 0.3) is 0 Å². The molecule has 1 aromatic carbocycles. The Kier molecular flexibility index (Phi) is 5.64. The van der Waals surface area contributed by atoms with Crippen molar-refractivity contribution < 1.29 is 23.1 Å². The van der Waals surface area contributed by atoms with Crippen molar-refractivity contribution in [2.24, 2.45) is 5.92 Å². The molecule has 0 spiro atoms. The lowest BCUT2D eigenvalue weighted by Crippen LogP contribution is -2.44. The van der Waals surface area contributed by atoms with Crippen LogP contribution in [0, 0.1) is 5.92 Å². The molecule has 0 heterocycles. The Balaban J connectivity index is 2.00. The highest BCUT2D eigenvalue weighted by molar-refractivity contribution is 7.91. The third-order valence-electron chi connectivity index (χ3n) is 4.28. The van der Waals surface area contributed by atoms with E-state index in [9.17, 15) is 18.0 Å². The molecule has 1 amide bonds. The smallest absolute Gasteiger partial charge is 0.326 e. The number of carboxylic acid groups (broad SMARTS) is 1. The Labute approximate surface area is 142 Å². The number of aryl methyl sites for hydroxylation is 2. The van der Waals surface area contributed by atoms with Crippen molar-refractivity contribution in [2.45, 2.75) is 50.5 Å². The minimum absolute atomic E-state index is 0.231. The molecule has 2 N–H and O–H groups in total. The van der Waals surface area contributed by atoms with Gasteiger partial charge in [0.15, 0.2) is 9.84 Å². The minimum Gasteiger partial charge on any atom is -0.480 e. The van der Waals surface area contributed by atoms with Crippen molar-refractivity contribution in [2.75, 3.05) is 5.75 Å². The molecule has 1 aliphatic rings. The van der Waals surface area contributed by atoms with Crippen LogP contribution >= 0.6 is 0 Å². The summed E-state index contributed by atoms with van der Waals surface area (Å²) in [6, 6.07) is 4.12. The first-order chi connectivity index (χ1) is 11.2. The number of amides is 1. The van der Waals surface area contributed by atoms with E-state index in [2.05, 4.69) is 5.32 Å². The molecule has 132 valence electrons. The number of hydrogen-bond acceptors (Lipinski definition) is 4. The molecule has 24 heavy (non-hydrogen) atoms. The summed E-state index contributed by atoms with van der Waals surface area (Å²) >= 11 is 0. The van der Waals surface area contributed by atoms with Crippen LogP contribution in [0.3, 0.4) is 0 Å². The zero-order valence-corrected chi connectivity index (χ0v) is 14.7. The molecule has 1 aliphatic carbocycles. The van der Waals surface area contributed by atoms with Crippen LogP contribution in [0.5, 0.6) is 0 Å². The summed E-state index contributed by atoms with van der Waals surface area (Å²) in [5.41, 5.74) is 2.25. The fourth-order valence-corrected chi connectivity index (χ4v) is 4.13. The van der Waals surface area contributed by atoms with Crippen LogP contribution in [0.15, 0.2) is 23.1 Å². The lowest BCUT2D eigenvalue weighted by Gasteiger charge is -2.17. The quantitative estimate of drug-likeness (QED) is 0.775. The predicted octanol–water partition coefficient (Wildman–Crippen LogP) is 1.56. The highest BCUT2D eigenvalue weighted by Gasteiger charge is 2.25. The molecule has 0 saturated carbocycles. The van der Waals surface area contributed by atoms with Gasteiger partial charge in [0.05, 0.1) is 10.6 Å². The number of carbonyl (C=O) groups excluding carboxylic acids is 1. The van der Waals surface area contributed by atoms with Crippen LogP contribution in [-0.4, -0.2) is 37.2 Å². The normalized spacial score (nSPS) is 15.1. The van der Waals surface area contributed by atoms with Crippen LogP contribution in [0.4, 0.5) is 0 Å². The first-order valence-corrected chi connectivity index (χ1v) is 9.72. The van der Waals surface area contributed by atoms with E-state index >= 15 is 0 Å². The number of carboxylic acids is 1. The molecule has 1 atom stereocenters. The first kappa shape index (κ1) is 18.4. The van der Waals surface area contributed by atoms with Crippen LogP contribution in [-0.2, 0) is 32.3 Å². The molecule has 0 saturated heterocycles. The molecule has 2 rings (SSSR count). The fraction of sp³-hybridized carbons (Fsp3) is 0.529. The maximum absolute atomic E-state index is 12.4. The zero-order valence-electron chi connectivity index (χ0n) is 13.9. The third kappa shape index (κ3) is 4.35. The summed E-state index contributed by atoms with van der Waals surface area (Å²) in [4.78, 5) is 23.2. The molecule has 0 radical (unpaired) electrons. The van der Waals surface area contributed by atoms with E-state index in [1.54, 1.807) is 26.0 Å². The number of hydrogen-bond donors (Lipinski definition) is 2. The molecular formula is C17H23NO5S. The molecule has 7 heteroatoms. The van der Waals surface area contributed by atoms with E-state index in [0.29, 0.717) is 0 Å². The molecule has 6 nitrogen and oxygen atoms in total. The lowest BCUT2D eigenvalue weighted by molar-refractivity contribution is -0.143. The van der Waals surface area contributed by atoms with Crippen LogP contribution in [0.2, 0.25) is 0 Å². The van der Waals surface area contributed by atoms with Gasteiger partial charge >= 0.3 is 5.97 Å². The van der Waals surface area contributed by atoms with Gasteiger partial charge in [-0.05, 0) is 48.4 Å². The van der Waals surface area contributed by atoms with E-state index in [1.165, 1.54) is 5.56 Å². The van der Waals surface area contributed by atoms with E-state index < -0.39 is 27.8 Å². The van der Waals surface area contributed by atoms with Gasteiger partial charge < -0.3 is 10.4 Å². The summed E-state index contributed by atoms with van der Waals surface area (Å²) < 4.78 is 24.8. The average Bonchev–Trinajstić information content (AvgIpc) is 2.97. The second-order valence-corrected chi connectivity index (χ2v) is 8.59. The summed E-state index contributed by atoms with van der Waals surface area (Å²) in [5.74, 6) is -2.30. The molecule has 0 aliphatic heterocycles. The lowest BCUT2D eigenvalue weighted by atomic mass is 10.0. The predicted molar refractivity (Wildman–Crippen MR) is 89.5 cm³/mol. The molecule has 1 aromatic rings. The number of nitrogens with one attached hydrogen (secondary N) is 1. The Hall–Kier alpha value is -1.89. The molecule has 0 aromatic heterocycles. The minimum atomic E-state index is -3.56. The Bertz CT molecular complexity index is 739. The number of benzene rings is 1. The van der Waals surface area contributed by atoms with Crippen molar-refractivity contribution in [3.05, 3.63) is 29.3 Å². The summed E-state index contributed by atoms with van der Waals surface area (Å²) in [6.45, 7) is 3.36. The van der Waals surface area contributed by atoms with Gasteiger partial charge in [-0.2, -0.15) is 0 Å². The van der Waals surface area contributed by atoms with Crippen molar-refractivity contribution in [3.63, 3.8) is 0 Å². The number of carbonyl (C=O) groups is 2. The van der Waals surface area contributed by atoms with Crippen LogP contribution in [0.1, 0.15) is 37.8 Å². The highest BCUT2D eigenvalue weighted by Crippen LogP contribution is 2.25. The Morgan fingerprint density at radius 3 is 2.50 bits per heavy atom. The molecular weight excluding hydrogens is 330 g/mol. The van der Waals surface area contributed by atoms with Crippen molar-refractivity contribution in [1.82, 2.24) is 5.32 Å². The van der Waals surface area contributed by atoms with Crippen molar-refractivity contribution in [3.8, 4) is 0 Å². The van der Waals surface area contributed by atoms with E-state index in [0.717, 1.165) is 24.8 Å². The van der Waals surface area contributed by atoms with E-state index in [-0.39, 0.29) is 23.0 Å². The highest BCUT2D eigenvalue weighted by atomic mass is 32.2. The largest absolute Gasteiger partial charge is 0.480 e. The topological polar surface area (TPSA) is 101 Å². The van der Waals surface area contributed by atoms with Gasteiger partial charge in [-0.15, -0.1) is 0 Å². The molecule has 0 bridgehead atoms. The van der Waals surface area contributed by atoms with Crippen molar-refractivity contribution >= 4 is 21.7 Å². The average molecular weight is 353 g/mol. The zero-order chi connectivity index (χ0) is 17.9. The van der Waals surface area contributed by atoms with Gasteiger partial charge in [0.2, 0.25) is 5.91 Å². The SMILES string of the molecule is CC(C)[C@@H](NC(=O)CCS(=O)(=O)c1ccc2c(c1)CCC2)C(=O)O. The Morgan fingerprint density at radius 2 is 1.88 bits per heavy atom. The molecule has 0 unspecified atom stereocenters. The maximum Gasteiger partial charge on any atom is 0.326 e. The monoisotopic (exact) mass is 353 g/mol. The van der Waals surface area contributed by atoms with Gasteiger partial charge in [-0.1, -0.05) is 19.9 Å². The van der Waals surface area contributed by atoms with Gasteiger partial charge in [0.1, 0.15) is 6.04 Å². The number of aliphatic carboxylic acids is 1. The maximum atomic E-state index is 12.4. The molecule has 0 fully saturated rings. The standard InChI is InChI=1S/C17H23NO5S/c1-11(2)16(17(20)21)18-15(19)8-9-24(22,23)14-7-6-12-4-3-5-13(12)10-14/h6-7,10-11,16H,3-5,8-9H2,1-2H3,(H,18,19)(H,20,21)/t16-/m1/s1. The van der Waals surface area contributed by atoms with Crippen LogP contribution in [0.25, 0.3) is 0 Å². The summed E-state index contributed by atoms with van der Waals surface area (Å²) in [6.07, 6.45) is 2.64. The summed E-state index contributed by atoms with van der Waals surface area (Å²) in [7, 11) is -3.56. The van der Waals surface area contributed by atoms with E-state index in [4.69, 9.17) is 5.11 Å². The second-order valence-electron chi connectivity index (χ2n) is 6.48. The number of fused-ring (bicyclic) bond motifs is 1. The second kappa shape index (κ2) is 7.34. The Morgan fingerprint density at radius 1 is 1.21 bits per heavy atom. The van der Waals surface area contributed by atoms with Gasteiger partial charge in [-0.25, -0.2) is 13.2 Å². The van der Waals surface area contributed by atoms with E-state index in [1.807, 2.05) is 6.07 Å². The fourth-order valence-electron chi connectivity index (χ4n) is 2.85. The van der Waals surface area contributed by atoms with Gasteiger partial charge in [-0.3, -0.25) is 4.79 Å². The number of sulfone groups is 1. The van der Waals surface area contributed by atoms with Crippen molar-refractivity contribution in [1.29, 1.82) is 0 Å². The first-order valence-electron chi connectivity index (χ1n) is 8.07. The number of rotatable bonds is 7. The summed E-state index contributed by atoms with van der Waals surface area (Å²) in [5, 5.41) is 11.4. The van der Waals surface area contributed by atoms with Crippen LogP contribution < -0.4 is 5.32 Å². The third-order valence-corrected chi connectivity index (χ3v) is 5.99.